The lowest BCUT2D eigenvalue weighted by atomic mass is 10.2. The number of carbonyl (C=O) groups is 1. The van der Waals surface area contributed by atoms with Crippen LogP contribution in [0.1, 0.15) is 25.7 Å². The van der Waals surface area contributed by atoms with Gasteiger partial charge < -0.3 is 15.7 Å². The Kier molecular flexibility index (Phi) is 3.69. The Morgan fingerprint density at radius 2 is 2.15 bits per heavy atom. The fourth-order valence-electron chi connectivity index (χ4n) is 1.81. The molecule has 76 valence electrons. The molecule has 3 N–H and O–H groups in total. The molecule has 0 aromatic heterocycles. The summed E-state index contributed by atoms with van der Waals surface area (Å²) in [6.45, 7) is 0.00981. The molecule has 0 radical (unpaired) electrons. The van der Waals surface area contributed by atoms with Crippen LogP contribution in [-0.4, -0.2) is 41.7 Å². The minimum Gasteiger partial charge on any atom is -0.382 e. The first kappa shape index (κ1) is 10.5. The van der Waals surface area contributed by atoms with Gasteiger partial charge in [-0.15, -0.1) is 0 Å². The lowest BCUT2D eigenvalue weighted by molar-refractivity contribution is -0.140. The summed E-state index contributed by atoms with van der Waals surface area (Å²) in [6.07, 6.45) is 3.45. The molecular formula is C9H18N2O2. The van der Waals surface area contributed by atoms with Gasteiger partial charge in [0.05, 0.1) is 0 Å². The van der Waals surface area contributed by atoms with Crippen molar-refractivity contribution in [1.29, 1.82) is 0 Å². The molecular weight excluding hydrogens is 168 g/mol. The normalized spacial score (nSPS) is 20.2. The second-order valence-electron chi connectivity index (χ2n) is 3.64. The molecule has 1 atom stereocenters. The molecule has 0 heterocycles. The highest BCUT2D eigenvalue weighted by Gasteiger charge is 2.26. The maximum Gasteiger partial charge on any atom is 0.252 e. The molecule has 0 aliphatic heterocycles. The molecule has 1 aliphatic rings. The van der Waals surface area contributed by atoms with Crippen molar-refractivity contribution >= 4 is 5.91 Å². The number of likely N-dealkylation sites (N-methyl/N-ethyl adjacent to an activating group) is 1. The first-order valence-electron chi connectivity index (χ1n) is 4.81. The van der Waals surface area contributed by atoms with E-state index < -0.39 is 6.10 Å². The molecule has 4 nitrogen and oxygen atoms in total. The molecule has 0 saturated heterocycles. The van der Waals surface area contributed by atoms with E-state index >= 15 is 0 Å². The van der Waals surface area contributed by atoms with Crippen molar-refractivity contribution in [3.63, 3.8) is 0 Å². The number of aliphatic hydroxyl groups excluding tert-OH is 1. The first-order valence-corrected chi connectivity index (χ1v) is 4.81. The van der Waals surface area contributed by atoms with Crippen LogP contribution in [0.25, 0.3) is 0 Å². The van der Waals surface area contributed by atoms with Crippen LogP contribution in [0.2, 0.25) is 0 Å². The van der Waals surface area contributed by atoms with Crippen LogP contribution < -0.4 is 5.73 Å². The number of nitrogens with zero attached hydrogens (tertiary/aromatic N) is 1. The van der Waals surface area contributed by atoms with Crippen LogP contribution in [0.4, 0.5) is 0 Å². The lowest BCUT2D eigenvalue weighted by Gasteiger charge is -2.26. The fourth-order valence-corrected chi connectivity index (χ4v) is 1.81. The van der Waals surface area contributed by atoms with Crippen LogP contribution in [0, 0.1) is 0 Å². The minimum atomic E-state index is -1.02. The summed E-state index contributed by atoms with van der Waals surface area (Å²) in [4.78, 5) is 13.1. The highest BCUT2D eigenvalue weighted by atomic mass is 16.3. The highest BCUT2D eigenvalue weighted by Crippen LogP contribution is 2.22. The number of amides is 1. The number of hydrogen-bond acceptors (Lipinski definition) is 3. The zero-order valence-electron chi connectivity index (χ0n) is 8.07. The Morgan fingerprint density at radius 3 is 2.62 bits per heavy atom. The van der Waals surface area contributed by atoms with Crippen molar-refractivity contribution in [2.24, 2.45) is 5.73 Å². The van der Waals surface area contributed by atoms with Gasteiger partial charge in [-0.3, -0.25) is 4.79 Å². The van der Waals surface area contributed by atoms with Crippen LogP contribution in [0.15, 0.2) is 0 Å². The summed E-state index contributed by atoms with van der Waals surface area (Å²) in [7, 11) is 1.75. The van der Waals surface area contributed by atoms with Crippen molar-refractivity contribution in [2.75, 3.05) is 13.6 Å². The Morgan fingerprint density at radius 1 is 1.62 bits per heavy atom. The minimum absolute atomic E-state index is 0.00981. The number of aliphatic hydroxyl groups is 1. The summed E-state index contributed by atoms with van der Waals surface area (Å²) >= 11 is 0. The van der Waals surface area contributed by atoms with Gasteiger partial charge in [-0.2, -0.15) is 0 Å². The molecule has 1 fully saturated rings. The molecule has 1 saturated carbocycles. The van der Waals surface area contributed by atoms with Gasteiger partial charge in [0.25, 0.3) is 5.91 Å². The Labute approximate surface area is 78.7 Å². The summed E-state index contributed by atoms with van der Waals surface area (Å²) in [5, 5.41) is 9.24. The van der Waals surface area contributed by atoms with E-state index in [-0.39, 0.29) is 12.5 Å². The molecule has 1 unspecified atom stereocenters. The summed E-state index contributed by atoms with van der Waals surface area (Å²) in [6, 6.07) is 0.314. The molecule has 4 heteroatoms. The van der Waals surface area contributed by atoms with Crippen molar-refractivity contribution in [1.82, 2.24) is 4.90 Å². The van der Waals surface area contributed by atoms with E-state index in [2.05, 4.69) is 0 Å². The smallest absolute Gasteiger partial charge is 0.252 e. The monoisotopic (exact) mass is 186 g/mol. The molecule has 0 bridgehead atoms. The number of hydrogen-bond donors (Lipinski definition) is 2. The zero-order chi connectivity index (χ0) is 9.84. The fraction of sp³-hybridized carbons (Fsp3) is 0.889. The molecule has 1 amide bonds. The van der Waals surface area contributed by atoms with E-state index in [1.807, 2.05) is 0 Å². The van der Waals surface area contributed by atoms with Gasteiger partial charge in [0.2, 0.25) is 0 Å². The number of nitrogens with two attached hydrogens (primary N) is 1. The van der Waals surface area contributed by atoms with E-state index in [0.29, 0.717) is 6.04 Å². The largest absolute Gasteiger partial charge is 0.382 e. The predicted octanol–water partition coefficient (Wildman–Crippen LogP) is -0.293. The van der Waals surface area contributed by atoms with Gasteiger partial charge in [0, 0.05) is 19.6 Å². The number of rotatable bonds is 3. The molecule has 0 aromatic carbocycles. The van der Waals surface area contributed by atoms with Crippen molar-refractivity contribution in [3.8, 4) is 0 Å². The Hall–Kier alpha value is -0.610. The van der Waals surface area contributed by atoms with Crippen LogP contribution in [0.3, 0.4) is 0 Å². The molecule has 1 rings (SSSR count). The van der Waals surface area contributed by atoms with Gasteiger partial charge in [0.1, 0.15) is 6.10 Å². The lowest BCUT2D eigenvalue weighted by Crippen LogP contribution is -2.44. The molecule has 0 spiro atoms. The average molecular weight is 186 g/mol. The van der Waals surface area contributed by atoms with E-state index in [1.165, 1.54) is 12.8 Å². The van der Waals surface area contributed by atoms with Crippen LogP contribution in [0.5, 0.6) is 0 Å². The van der Waals surface area contributed by atoms with Gasteiger partial charge >= 0.3 is 0 Å². The van der Waals surface area contributed by atoms with Gasteiger partial charge in [-0.1, -0.05) is 12.8 Å². The van der Waals surface area contributed by atoms with E-state index in [4.69, 9.17) is 5.73 Å². The maximum atomic E-state index is 11.5. The number of carbonyl (C=O) groups excluding carboxylic acids is 1. The summed E-state index contributed by atoms with van der Waals surface area (Å²) < 4.78 is 0. The summed E-state index contributed by atoms with van der Waals surface area (Å²) in [5.74, 6) is -0.241. The second-order valence-corrected chi connectivity index (χ2v) is 3.64. The second kappa shape index (κ2) is 4.58. The Bertz CT molecular complexity index is 178. The zero-order valence-corrected chi connectivity index (χ0v) is 8.07. The van der Waals surface area contributed by atoms with E-state index in [1.54, 1.807) is 11.9 Å². The third-order valence-corrected chi connectivity index (χ3v) is 2.73. The Balaban J connectivity index is 2.45. The maximum absolute atomic E-state index is 11.5. The molecule has 1 aliphatic carbocycles. The molecule has 13 heavy (non-hydrogen) atoms. The van der Waals surface area contributed by atoms with Gasteiger partial charge in [-0.05, 0) is 12.8 Å². The summed E-state index contributed by atoms with van der Waals surface area (Å²) in [5.41, 5.74) is 5.21. The topological polar surface area (TPSA) is 66.6 Å². The third-order valence-electron chi connectivity index (χ3n) is 2.73. The van der Waals surface area contributed by atoms with Gasteiger partial charge in [0.15, 0.2) is 0 Å². The predicted molar refractivity (Wildman–Crippen MR) is 50.1 cm³/mol. The van der Waals surface area contributed by atoms with Crippen molar-refractivity contribution in [3.05, 3.63) is 0 Å². The van der Waals surface area contributed by atoms with Crippen molar-refractivity contribution in [2.45, 2.75) is 37.8 Å². The highest BCUT2D eigenvalue weighted by molar-refractivity contribution is 5.80. The molecule has 0 aromatic rings. The first-order chi connectivity index (χ1) is 6.16. The third kappa shape index (κ3) is 2.42. The van der Waals surface area contributed by atoms with Crippen LogP contribution >= 0.6 is 0 Å². The van der Waals surface area contributed by atoms with Crippen LogP contribution in [-0.2, 0) is 4.79 Å². The van der Waals surface area contributed by atoms with E-state index in [9.17, 15) is 9.90 Å². The van der Waals surface area contributed by atoms with Crippen molar-refractivity contribution < 1.29 is 9.90 Å². The average Bonchev–Trinajstić information content (AvgIpc) is 2.67. The van der Waals surface area contributed by atoms with Gasteiger partial charge in [-0.25, -0.2) is 0 Å². The van der Waals surface area contributed by atoms with E-state index in [0.717, 1.165) is 12.8 Å². The quantitative estimate of drug-likeness (QED) is 0.636. The standard InChI is InChI=1S/C9H18N2O2/c1-11(7-4-2-3-5-7)9(13)8(12)6-10/h7-8,12H,2-6,10H2,1H3. The SMILES string of the molecule is CN(C(=O)C(O)CN)C1CCCC1.